The summed E-state index contributed by atoms with van der Waals surface area (Å²) in [5, 5.41) is 9.20. The lowest BCUT2D eigenvalue weighted by Gasteiger charge is -2.10. The highest BCUT2D eigenvalue weighted by molar-refractivity contribution is 6.31. The standard InChI is InChI=1S/C14H9ClFNO2/c1-8-5-6-19-14(8)13(18)9(7-17)12-10(15)3-2-4-11(12)16/h2-6,9H,1H3. The van der Waals surface area contributed by atoms with Crippen molar-refractivity contribution in [2.24, 2.45) is 0 Å². The molecule has 0 radical (unpaired) electrons. The van der Waals surface area contributed by atoms with Gasteiger partial charge in [0.05, 0.1) is 12.3 Å². The van der Waals surface area contributed by atoms with Crippen LogP contribution in [0.25, 0.3) is 0 Å². The van der Waals surface area contributed by atoms with Crippen LogP contribution in [0.15, 0.2) is 34.9 Å². The van der Waals surface area contributed by atoms with Crippen molar-refractivity contribution in [3.8, 4) is 6.07 Å². The molecule has 0 fully saturated rings. The third kappa shape index (κ3) is 2.38. The molecule has 1 aromatic carbocycles. The van der Waals surface area contributed by atoms with Gasteiger partial charge in [0.15, 0.2) is 5.76 Å². The van der Waals surface area contributed by atoms with Crippen molar-refractivity contribution in [2.75, 3.05) is 0 Å². The molecule has 1 atom stereocenters. The molecule has 96 valence electrons. The van der Waals surface area contributed by atoms with Crippen molar-refractivity contribution in [2.45, 2.75) is 12.8 Å². The van der Waals surface area contributed by atoms with Gasteiger partial charge in [0, 0.05) is 10.6 Å². The van der Waals surface area contributed by atoms with E-state index >= 15 is 0 Å². The average Bonchev–Trinajstić information content (AvgIpc) is 2.79. The molecule has 2 aromatic rings. The fourth-order valence-electron chi connectivity index (χ4n) is 1.80. The van der Waals surface area contributed by atoms with E-state index in [2.05, 4.69) is 0 Å². The fraction of sp³-hybridized carbons (Fsp3) is 0.143. The first-order valence-electron chi connectivity index (χ1n) is 5.48. The van der Waals surface area contributed by atoms with Gasteiger partial charge in [0.25, 0.3) is 0 Å². The molecule has 19 heavy (non-hydrogen) atoms. The summed E-state index contributed by atoms with van der Waals surface area (Å²) in [7, 11) is 0. The Labute approximate surface area is 114 Å². The van der Waals surface area contributed by atoms with Crippen LogP contribution in [0.3, 0.4) is 0 Å². The van der Waals surface area contributed by atoms with E-state index in [4.69, 9.17) is 21.3 Å². The van der Waals surface area contributed by atoms with Crippen molar-refractivity contribution < 1.29 is 13.6 Å². The number of ketones is 1. The largest absolute Gasteiger partial charge is 0.461 e. The Hall–Kier alpha value is -2.12. The summed E-state index contributed by atoms with van der Waals surface area (Å²) >= 11 is 5.87. The van der Waals surface area contributed by atoms with Gasteiger partial charge < -0.3 is 4.42 Å². The van der Waals surface area contributed by atoms with Crippen LogP contribution in [0.5, 0.6) is 0 Å². The topological polar surface area (TPSA) is 54.0 Å². The van der Waals surface area contributed by atoms with Gasteiger partial charge in [-0.1, -0.05) is 17.7 Å². The first-order chi connectivity index (χ1) is 9.06. The Morgan fingerprint density at radius 3 is 2.74 bits per heavy atom. The van der Waals surface area contributed by atoms with Crippen LogP contribution in [0, 0.1) is 24.1 Å². The number of benzene rings is 1. The first kappa shape index (κ1) is 13.3. The fourth-order valence-corrected chi connectivity index (χ4v) is 2.07. The number of furan rings is 1. The lowest BCUT2D eigenvalue weighted by atomic mass is 9.93. The number of Topliss-reactive ketones (excluding diaryl/α,β-unsaturated/α-hetero) is 1. The predicted octanol–water partition coefficient (Wildman–Crippen LogP) is 3.87. The van der Waals surface area contributed by atoms with Crippen LogP contribution in [0.4, 0.5) is 4.39 Å². The number of rotatable bonds is 3. The second kappa shape index (κ2) is 5.25. The summed E-state index contributed by atoms with van der Waals surface area (Å²) in [5.41, 5.74) is 0.477. The monoisotopic (exact) mass is 277 g/mol. The van der Waals surface area contributed by atoms with Gasteiger partial charge in [-0.3, -0.25) is 4.79 Å². The van der Waals surface area contributed by atoms with Gasteiger partial charge in [-0.15, -0.1) is 0 Å². The van der Waals surface area contributed by atoms with E-state index in [1.54, 1.807) is 19.1 Å². The van der Waals surface area contributed by atoms with Gasteiger partial charge in [-0.25, -0.2) is 4.39 Å². The van der Waals surface area contributed by atoms with E-state index in [1.807, 2.05) is 0 Å². The Morgan fingerprint density at radius 1 is 1.47 bits per heavy atom. The summed E-state index contributed by atoms with van der Waals surface area (Å²) in [4.78, 5) is 12.2. The normalized spacial score (nSPS) is 11.9. The highest BCUT2D eigenvalue weighted by atomic mass is 35.5. The number of hydrogen-bond acceptors (Lipinski definition) is 3. The molecule has 3 nitrogen and oxygen atoms in total. The molecule has 1 heterocycles. The molecule has 0 aliphatic carbocycles. The van der Waals surface area contributed by atoms with Gasteiger partial charge in [0.2, 0.25) is 5.78 Å². The number of aryl methyl sites for hydroxylation is 1. The van der Waals surface area contributed by atoms with Crippen LogP contribution >= 0.6 is 11.6 Å². The minimum atomic E-state index is -1.32. The molecule has 0 spiro atoms. The molecule has 0 saturated carbocycles. The van der Waals surface area contributed by atoms with Crippen LogP contribution in [0.2, 0.25) is 5.02 Å². The molecule has 0 amide bonds. The van der Waals surface area contributed by atoms with Crippen molar-refractivity contribution in [1.82, 2.24) is 0 Å². The number of nitrogens with zero attached hydrogens (tertiary/aromatic N) is 1. The molecular formula is C14H9ClFNO2. The van der Waals surface area contributed by atoms with Crippen molar-refractivity contribution >= 4 is 17.4 Å². The lowest BCUT2D eigenvalue weighted by Crippen LogP contribution is -2.13. The molecule has 0 saturated heterocycles. The highest BCUT2D eigenvalue weighted by Crippen LogP contribution is 2.30. The predicted molar refractivity (Wildman–Crippen MR) is 67.5 cm³/mol. The first-order valence-corrected chi connectivity index (χ1v) is 5.86. The van der Waals surface area contributed by atoms with E-state index in [0.29, 0.717) is 5.56 Å². The molecule has 1 aromatic heterocycles. The molecule has 0 N–H and O–H groups in total. The molecule has 1 unspecified atom stereocenters. The molecule has 5 heteroatoms. The third-order valence-electron chi connectivity index (χ3n) is 2.77. The van der Waals surface area contributed by atoms with E-state index in [0.717, 1.165) is 6.07 Å². The summed E-state index contributed by atoms with van der Waals surface area (Å²) in [6.07, 6.45) is 1.35. The van der Waals surface area contributed by atoms with E-state index in [1.165, 1.54) is 18.4 Å². The minimum Gasteiger partial charge on any atom is -0.461 e. The van der Waals surface area contributed by atoms with E-state index in [-0.39, 0.29) is 16.3 Å². The van der Waals surface area contributed by atoms with Gasteiger partial charge in [0.1, 0.15) is 11.7 Å². The molecule has 2 rings (SSSR count). The van der Waals surface area contributed by atoms with Gasteiger partial charge in [-0.05, 0) is 30.7 Å². The molecular weight excluding hydrogens is 269 g/mol. The maximum atomic E-state index is 13.8. The lowest BCUT2D eigenvalue weighted by molar-refractivity contribution is 0.0949. The Bertz CT molecular complexity index is 652. The summed E-state index contributed by atoms with van der Waals surface area (Å²) in [6.45, 7) is 1.67. The average molecular weight is 278 g/mol. The van der Waals surface area contributed by atoms with Crippen LogP contribution < -0.4 is 0 Å². The maximum absolute atomic E-state index is 13.8. The second-order valence-corrected chi connectivity index (χ2v) is 4.40. The van der Waals surface area contributed by atoms with Crippen LogP contribution in [-0.4, -0.2) is 5.78 Å². The maximum Gasteiger partial charge on any atom is 0.219 e. The Morgan fingerprint density at radius 2 is 2.21 bits per heavy atom. The second-order valence-electron chi connectivity index (χ2n) is 3.99. The molecule has 0 bridgehead atoms. The van der Waals surface area contributed by atoms with Crippen LogP contribution in [0.1, 0.15) is 27.6 Å². The zero-order valence-electron chi connectivity index (χ0n) is 9.98. The van der Waals surface area contributed by atoms with Crippen molar-refractivity contribution in [1.29, 1.82) is 5.26 Å². The van der Waals surface area contributed by atoms with E-state index < -0.39 is 17.5 Å². The zero-order valence-corrected chi connectivity index (χ0v) is 10.7. The van der Waals surface area contributed by atoms with Crippen LogP contribution in [-0.2, 0) is 0 Å². The molecule has 0 aliphatic rings. The SMILES string of the molecule is Cc1ccoc1C(=O)C(C#N)c1c(F)cccc1Cl. The summed E-state index contributed by atoms with van der Waals surface area (Å²) < 4.78 is 18.8. The van der Waals surface area contributed by atoms with Crippen molar-refractivity contribution in [3.05, 3.63) is 58.3 Å². The van der Waals surface area contributed by atoms with Crippen molar-refractivity contribution in [3.63, 3.8) is 0 Å². The van der Waals surface area contributed by atoms with Gasteiger partial charge in [-0.2, -0.15) is 5.26 Å². The number of carbonyl (C=O) groups is 1. The number of hydrogen-bond donors (Lipinski definition) is 0. The highest BCUT2D eigenvalue weighted by Gasteiger charge is 2.29. The summed E-state index contributed by atoms with van der Waals surface area (Å²) in [5.74, 6) is -2.56. The van der Waals surface area contributed by atoms with Gasteiger partial charge >= 0.3 is 0 Å². The number of nitriles is 1. The number of carbonyl (C=O) groups excluding carboxylic acids is 1. The minimum absolute atomic E-state index is 0.0455. The summed E-state index contributed by atoms with van der Waals surface area (Å²) in [6, 6.07) is 7.40. The number of halogens is 2. The third-order valence-corrected chi connectivity index (χ3v) is 3.10. The Balaban J connectivity index is 2.50. The quantitative estimate of drug-likeness (QED) is 0.800. The van der Waals surface area contributed by atoms with E-state index in [9.17, 15) is 9.18 Å². The Kier molecular flexibility index (Phi) is 3.68. The zero-order chi connectivity index (χ0) is 14.0. The smallest absolute Gasteiger partial charge is 0.219 e. The molecule has 0 aliphatic heterocycles.